The quantitative estimate of drug-likeness (QED) is 0.925. The normalized spacial score (nSPS) is 26.0. The summed E-state index contributed by atoms with van der Waals surface area (Å²) < 4.78 is 2.12. The number of rotatable bonds is 4. The van der Waals surface area contributed by atoms with Gasteiger partial charge in [-0.2, -0.15) is 5.10 Å². The van der Waals surface area contributed by atoms with Crippen molar-refractivity contribution in [3.05, 3.63) is 11.3 Å². The van der Waals surface area contributed by atoms with Gasteiger partial charge in [0.2, 0.25) is 0 Å². The zero-order valence-corrected chi connectivity index (χ0v) is 13.9. The van der Waals surface area contributed by atoms with Crippen molar-refractivity contribution in [2.75, 3.05) is 18.0 Å². The third-order valence-electron chi connectivity index (χ3n) is 5.38. The Morgan fingerprint density at radius 3 is 2.76 bits per heavy atom. The molecule has 0 spiro atoms. The number of anilines is 1. The van der Waals surface area contributed by atoms with E-state index in [4.69, 9.17) is 5.10 Å². The van der Waals surface area contributed by atoms with E-state index in [1.807, 2.05) is 0 Å². The average Bonchev–Trinajstić information content (AvgIpc) is 2.78. The molecule has 1 saturated heterocycles. The SMILES string of the molecule is CCNCc1c(C)nn(C)c1N1CCC[C@H]2CCCC[C@H]21. The van der Waals surface area contributed by atoms with Crippen LogP contribution in [0.25, 0.3) is 0 Å². The highest BCUT2D eigenvalue weighted by molar-refractivity contribution is 5.51. The highest BCUT2D eigenvalue weighted by Crippen LogP contribution is 2.39. The van der Waals surface area contributed by atoms with Crippen molar-refractivity contribution in [3.63, 3.8) is 0 Å². The van der Waals surface area contributed by atoms with E-state index in [0.29, 0.717) is 0 Å². The molecular weight excluding hydrogens is 260 g/mol. The smallest absolute Gasteiger partial charge is 0.131 e. The van der Waals surface area contributed by atoms with Gasteiger partial charge in [-0.25, -0.2) is 0 Å². The third-order valence-corrected chi connectivity index (χ3v) is 5.38. The summed E-state index contributed by atoms with van der Waals surface area (Å²) in [6, 6.07) is 0.752. The molecule has 1 N–H and O–H groups in total. The van der Waals surface area contributed by atoms with Crippen molar-refractivity contribution in [3.8, 4) is 0 Å². The summed E-state index contributed by atoms with van der Waals surface area (Å²) in [4.78, 5) is 2.69. The Hall–Kier alpha value is -1.03. The van der Waals surface area contributed by atoms with Crippen LogP contribution < -0.4 is 10.2 Å². The van der Waals surface area contributed by atoms with Crippen molar-refractivity contribution >= 4 is 5.82 Å². The van der Waals surface area contributed by atoms with Crippen LogP contribution in [0, 0.1) is 12.8 Å². The molecule has 2 atom stereocenters. The van der Waals surface area contributed by atoms with Gasteiger partial charge in [0.1, 0.15) is 5.82 Å². The lowest BCUT2D eigenvalue weighted by Crippen LogP contribution is -2.48. The molecule has 0 radical (unpaired) electrons. The first-order valence-corrected chi connectivity index (χ1v) is 8.72. The topological polar surface area (TPSA) is 33.1 Å². The first-order valence-electron chi connectivity index (χ1n) is 8.72. The van der Waals surface area contributed by atoms with E-state index in [1.165, 1.54) is 62.1 Å². The lowest BCUT2D eigenvalue weighted by atomic mass is 9.78. The fourth-order valence-corrected chi connectivity index (χ4v) is 4.39. The molecule has 0 amide bonds. The number of hydrogen-bond donors (Lipinski definition) is 1. The van der Waals surface area contributed by atoms with Gasteiger partial charge in [0.15, 0.2) is 0 Å². The maximum Gasteiger partial charge on any atom is 0.131 e. The molecule has 4 nitrogen and oxygen atoms in total. The summed E-state index contributed by atoms with van der Waals surface area (Å²) in [5.74, 6) is 2.29. The molecule has 0 bridgehead atoms. The monoisotopic (exact) mass is 290 g/mol. The fraction of sp³-hybridized carbons (Fsp3) is 0.824. The molecule has 3 rings (SSSR count). The minimum absolute atomic E-state index is 0.752. The van der Waals surface area contributed by atoms with Gasteiger partial charge >= 0.3 is 0 Å². The second-order valence-electron chi connectivity index (χ2n) is 6.74. The lowest BCUT2D eigenvalue weighted by molar-refractivity contribution is 0.241. The van der Waals surface area contributed by atoms with Crippen LogP contribution in [-0.2, 0) is 13.6 Å². The van der Waals surface area contributed by atoms with Crippen LogP contribution in [-0.4, -0.2) is 28.9 Å². The van der Waals surface area contributed by atoms with E-state index < -0.39 is 0 Å². The van der Waals surface area contributed by atoms with Gasteiger partial charge in [0.25, 0.3) is 0 Å². The first kappa shape index (κ1) is 14.9. The molecule has 1 saturated carbocycles. The van der Waals surface area contributed by atoms with Crippen LogP contribution >= 0.6 is 0 Å². The molecule has 118 valence electrons. The zero-order valence-electron chi connectivity index (χ0n) is 13.9. The molecule has 0 unspecified atom stereocenters. The predicted molar refractivity (Wildman–Crippen MR) is 87.7 cm³/mol. The Kier molecular flexibility index (Phi) is 4.53. The maximum atomic E-state index is 4.71. The second kappa shape index (κ2) is 6.39. The number of aryl methyl sites for hydroxylation is 2. The van der Waals surface area contributed by atoms with Gasteiger partial charge in [0, 0.05) is 31.7 Å². The molecule has 1 aromatic heterocycles. The fourth-order valence-electron chi connectivity index (χ4n) is 4.39. The molecule has 0 aromatic carbocycles. The van der Waals surface area contributed by atoms with Crippen LogP contribution in [0.3, 0.4) is 0 Å². The van der Waals surface area contributed by atoms with Gasteiger partial charge in [-0.1, -0.05) is 19.8 Å². The Bertz CT molecular complexity index is 477. The molecule has 1 aromatic rings. The number of nitrogens with zero attached hydrogens (tertiary/aromatic N) is 3. The largest absolute Gasteiger partial charge is 0.353 e. The highest BCUT2D eigenvalue weighted by Gasteiger charge is 2.35. The van der Waals surface area contributed by atoms with Crippen molar-refractivity contribution < 1.29 is 0 Å². The molecule has 1 aliphatic carbocycles. The number of fused-ring (bicyclic) bond motifs is 1. The molecule has 21 heavy (non-hydrogen) atoms. The predicted octanol–water partition coefficient (Wildman–Crippen LogP) is 3.00. The Morgan fingerprint density at radius 1 is 1.19 bits per heavy atom. The van der Waals surface area contributed by atoms with Crippen LogP contribution in [0.15, 0.2) is 0 Å². The Morgan fingerprint density at radius 2 is 1.95 bits per heavy atom. The molecule has 2 aliphatic rings. The van der Waals surface area contributed by atoms with Crippen molar-refractivity contribution in [2.24, 2.45) is 13.0 Å². The number of aromatic nitrogens is 2. The first-order chi connectivity index (χ1) is 10.2. The van der Waals surface area contributed by atoms with Gasteiger partial charge < -0.3 is 10.2 Å². The van der Waals surface area contributed by atoms with Gasteiger partial charge in [-0.3, -0.25) is 4.68 Å². The standard InChI is InChI=1S/C17H30N4/c1-4-18-12-15-13(2)19-20(3)17(15)21-11-7-9-14-8-5-6-10-16(14)21/h14,16,18H,4-12H2,1-3H3/t14-,16-/m1/s1. The van der Waals surface area contributed by atoms with E-state index in [0.717, 1.165) is 25.0 Å². The van der Waals surface area contributed by atoms with Gasteiger partial charge in [-0.05, 0) is 45.1 Å². The summed E-state index contributed by atoms with van der Waals surface area (Å²) in [5.41, 5.74) is 2.59. The van der Waals surface area contributed by atoms with Crippen LogP contribution in [0.2, 0.25) is 0 Å². The molecule has 1 aliphatic heterocycles. The van der Waals surface area contributed by atoms with Gasteiger partial charge in [-0.15, -0.1) is 0 Å². The molecular formula is C17H30N4. The summed E-state index contributed by atoms with van der Waals surface area (Å²) in [6.07, 6.45) is 8.41. The van der Waals surface area contributed by atoms with Gasteiger partial charge in [0.05, 0.1) is 5.69 Å². The number of piperidine rings is 1. The third kappa shape index (κ3) is 2.83. The summed E-state index contributed by atoms with van der Waals surface area (Å²) in [6.45, 7) is 7.49. The summed E-state index contributed by atoms with van der Waals surface area (Å²) in [5, 5.41) is 8.20. The maximum absolute atomic E-state index is 4.71. The Labute approximate surface area is 128 Å². The minimum atomic E-state index is 0.752. The zero-order chi connectivity index (χ0) is 14.8. The van der Waals surface area contributed by atoms with E-state index in [-0.39, 0.29) is 0 Å². The Balaban J connectivity index is 1.90. The van der Waals surface area contributed by atoms with Crippen molar-refractivity contribution in [1.29, 1.82) is 0 Å². The lowest BCUT2D eigenvalue weighted by Gasteiger charge is -2.45. The van der Waals surface area contributed by atoms with Crippen molar-refractivity contribution in [2.45, 2.75) is 65.0 Å². The number of hydrogen-bond acceptors (Lipinski definition) is 3. The highest BCUT2D eigenvalue weighted by atomic mass is 15.4. The second-order valence-corrected chi connectivity index (χ2v) is 6.74. The van der Waals surface area contributed by atoms with E-state index in [2.05, 4.69) is 35.8 Å². The minimum Gasteiger partial charge on any atom is -0.353 e. The van der Waals surface area contributed by atoms with E-state index in [1.54, 1.807) is 0 Å². The average molecular weight is 290 g/mol. The molecule has 2 fully saturated rings. The molecule has 2 heterocycles. The van der Waals surface area contributed by atoms with E-state index >= 15 is 0 Å². The van der Waals surface area contributed by atoms with E-state index in [9.17, 15) is 0 Å². The summed E-state index contributed by atoms with van der Waals surface area (Å²) in [7, 11) is 2.12. The number of nitrogens with one attached hydrogen (secondary N) is 1. The van der Waals surface area contributed by atoms with Crippen molar-refractivity contribution in [1.82, 2.24) is 15.1 Å². The van der Waals surface area contributed by atoms with Crippen LogP contribution in [0.4, 0.5) is 5.82 Å². The van der Waals surface area contributed by atoms with Crippen LogP contribution in [0.5, 0.6) is 0 Å². The molecule has 4 heteroatoms. The summed E-state index contributed by atoms with van der Waals surface area (Å²) >= 11 is 0. The van der Waals surface area contributed by atoms with Crippen LogP contribution in [0.1, 0.15) is 56.7 Å².